The number of hydrogen-bond acceptors (Lipinski definition) is 7. The van der Waals surface area contributed by atoms with Gasteiger partial charge in [-0.1, -0.05) is 12.1 Å². The highest BCUT2D eigenvalue weighted by Gasteiger charge is 2.17. The fraction of sp³-hybridized carbons (Fsp3) is 0.179. The second kappa shape index (κ2) is 10.4. The number of carbonyl (C=O) groups is 2. The third-order valence-electron chi connectivity index (χ3n) is 5.75. The van der Waals surface area contributed by atoms with Crippen molar-refractivity contribution in [1.29, 1.82) is 0 Å². The SMILES string of the molecule is COc1cccc(-c2cc(C(=O)Nc3cc4ccc(OC(=O)N(C)C)c(C)c4oc3=O)ccc2OC)c1. The van der Waals surface area contributed by atoms with Crippen LogP contribution >= 0.6 is 0 Å². The van der Waals surface area contributed by atoms with Crippen LogP contribution in [0.15, 0.2) is 69.9 Å². The largest absolute Gasteiger partial charge is 0.497 e. The molecule has 0 aliphatic heterocycles. The predicted octanol–water partition coefficient (Wildman–Crippen LogP) is 5.10. The van der Waals surface area contributed by atoms with Crippen molar-refractivity contribution < 1.29 is 28.2 Å². The summed E-state index contributed by atoms with van der Waals surface area (Å²) in [6, 6.07) is 17.1. The summed E-state index contributed by atoms with van der Waals surface area (Å²) in [6.45, 7) is 1.68. The number of carbonyl (C=O) groups excluding carboxylic acids is 2. The number of hydrogen-bond donors (Lipinski definition) is 1. The van der Waals surface area contributed by atoms with Gasteiger partial charge in [-0.3, -0.25) is 4.79 Å². The molecule has 0 aliphatic rings. The van der Waals surface area contributed by atoms with E-state index in [1.165, 1.54) is 11.0 Å². The Labute approximate surface area is 213 Å². The van der Waals surface area contributed by atoms with Gasteiger partial charge in [0.1, 0.15) is 28.5 Å². The van der Waals surface area contributed by atoms with E-state index < -0.39 is 17.6 Å². The molecule has 1 heterocycles. The van der Waals surface area contributed by atoms with Crippen molar-refractivity contribution in [1.82, 2.24) is 4.90 Å². The van der Waals surface area contributed by atoms with E-state index in [0.29, 0.717) is 33.6 Å². The molecule has 0 atom stereocenters. The van der Waals surface area contributed by atoms with Gasteiger partial charge in [-0.15, -0.1) is 0 Å². The molecule has 9 heteroatoms. The molecule has 1 N–H and O–H groups in total. The highest BCUT2D eigenvalue weighted by Crippen LogP contribution is 2.33. The zero-order valence-electron chi connectivity index (χ0n) is 21.1. The Morgan fingerprint density at radius 3 is 2.38 bits per heavy atom. The number of nitrogens with one attached hydrogen (secondary N) is 1. The summed E-state index contributed by atoms with van der Waals surface area (Å²) in [5, 5.41) is 3.19. The molecule has 0 unspecified atom stereocenters. The highest BCUT2D eigenvalue weighted by atomic mass is 16.6. The van der Waals surface area contributed by atoms with Crippen LogP contribution in [0.1, 0.15) is 15.9 Å². The van der Waals surface area contributed by atoms with Gasteiger partial charge in [-0.05, 0) is 61.0 Å². The average molecular weight is 503 g/mol. The maximum absolute atomic E-state index is 13.1. The first-order valence-electron chi connectivity index (χ1n) is 11.3. The van der Waals surface area contributed by atoms with Crippen molar-refractivity contribution in [3.05, 3.63) is 82.2 Å². The van der Waals surface area contributed by atoms with E-state index in [9.17, 15) is 14.4 Å². The van der Waals surface area contributed by atoms with Crippen LogP contribution in [0, 0.1) is 6.92 Å². The minimum Gasteiger partial charge on any atom is -0.497 e. The van der Waals surface area contributed by atoms with Crippen molar-refractivity contribution in [2.45, 2.75) is 6.92 Å². The molecular weight excluding hydrogens is 476 g/mol. The van der Waals surface area contributed by atoms with E-state index in [1.807, 2.05) is 24.3 Å². The minimum atomic E-state index is -0.735. The van der Waals surface area contributed by atoms with E-state index >= 15 is 0 Å². The Morgan fingerprint density at radius 2 is 1.68 bits per heavy atom. The highest BCUT2D eigenvalue weighted by molar-refractivity contribution is 6.05. The molecule has 0 radical (unpaired) electrons. The van der Waals surface area contributed by atoms with Crippen LogP contribution in [0.2, 0.25) is 0 Å². The maximum atomic E-state index is 13.1. The Morgan fingerprint density at radius 1 is 0.919 bits per heavy atom. The summed E-state index contributed by atoms with van der Waals surface area (Å²) in [7, 11) is 6.26. The zero-order chi connectivity index (χ0) is 26.7. The lowest BCUT2D eigenvalue weighted by molar-refractivity contribution is 0.102. The number of amides is 2. The number of aryl methyl sites for hydroxylation is 1. The minimum absolute atomic E-state index is 0.0197. The van der Waals surface area contributed by atoms with Crippen molar-refractivity contribution in [2.75, 3.05) is 33.6 Å². The third kappa shape index (κ3) is 5.25. The molecule has 0 saturated carbocycles. The van der Waals surface area contributed by atoms with Crippen LogP contribution in [0.25, 0.3) is 22.1 Å². The molecule has 3 aromatic carbocycles. The number of anilines is 1. The Hall–Kier alpha value is -4.79. The Kier molecular flexibility index (Phi) is 7.15. The number of fused-ring (bicyclic) bond motifs is 1. The van der Waals surface area contributed by atoms with Crippen LogP contribution in [0.4, 0.5) is 10.5 Å². The van der Waals surface area contributed by atoms with Gasteiger partial charge in [-0.25, -0.2) is 9.59 Å². The molecule has 0 bridgehead atoms. The second-order valence-corrected chi connectivity index (χ2v) is 8.42. The number of ether oxygens (including phenoxy) is 3. The van der Waals surface area contributed by atoms with Gasteiger partial charge in [-0.2, -0.15) is 0 Å². The average Bonchev–Trinajstić information content (AvgIpc) is 2.90. The molecule has 0 fully saturated rings. The van der Waals surface area contributed by atoms with Crippen LogP contribution in [0.5, 0.6) is 17.2 Å². The Bertz CT molecular complexity index is 1560. The fourth-order valence-corrected chi connectivity index (χ4v) is 3.75. The van der Waals surface area contributed by atoms with E-state index in [-0.39, 0.29) is 17.0 Å². The van der Waals surface area contributed by atoms with Crippen LogP contribution in [0.3, 0.4) is 0 Å². The van der Waals surface area contributed by atoms with Gasteiger partial charge in [0.05, 0.1) is 14.2 Å². The van der Waals surface area contributed by atoms with Crippen molar-refractivity contribution >= 4 is 28.7 Å². The molecular formula is C28H26N2O7. The van der Waals surface area contributed by atoms with Crippen LogP contribution < -0.4 is 25.2 Å². The molecule has 0 saturated heterocycles. The van der Waals surface area contributed by atoms with Crippen LogP contribution in [-0.2, 0) is 0 Å². The molecule has 4 rings (SSSR count). The van der Waals surface area contributed by atoms with Gasteiger partial charge in [0.2, 0.25) is 0 Å². The zero-order valence-corrected chi connectivity index (χ0v) is 21.1. The standard InChI is InChI=1S/C28H26N2O7/c1-16-23(36-28(33)30(2)3)11-9-18-15-22(27(32)37-25(16)18)29-26(31)19-10-12-24(35-5)21(14-19)17-7-6-8-20(13-17)34-4/h6-15H,1-5H3,(H,29,31). The molecule has 1 aromatic heterocycles. The summed E-state index contributed by atoms with van der Waals surface area (Å²) in [4.78, 5) is 39.0. The molecule has 190 valence electrons. The van der Waals surface area contributed by atoms with E-state index in [4.69, 9.17) is 18.6 Å². The lowest BCUT2D eigenvalue weighted by Crippen LogP contribution is -2.25. The maximum Gasteiger partial charge on any atom is 0.414 e. The fourth-order valence-electron chi connectivity index (χ4n) is 3.75. The molecule has 4 aromatic rings. The van der Waals surface area contributed by atoms with Gasteiger partial charge < -0.3 is 28.8 Å². The van der Waals surface area contributed by atoms with E-state index in [2.05, 4.69) is 5.32 Å². The van der Waals surface area contributed by atoms with Crippen molar-refractivity contribution in [2.24, 2.45) is 0 Å². The smallest absolute Gasteiger partial charge is 0.414 e. The molecule has 37 heavy (non-hydrogen) atoms. The van der Waals surface area contributed by atoms with Crippen molar-refractivity contribution in [3.8, 4) is 28.4 Å². The van der Waals surface area contributed by atoms with Gasteiger partial charge >= 0.3 is 11.7 Å². The molecule has 0 spiro atoms. The first-order chi connectivity index (χ1) is 17.7. The molecule has 2 amide bonds. The monoisotopic (exact) mass is 502 g/mol. The van der Waals surface area contributed by atoms with E-state index in [0.717, 1.165) is 5.56 Å². The summed E-state index contributed by atoms with van der Waals surface area (Å²) < 4.78 is 21.6. The van der Waals surface area contributed by atoms with E-state index in [1.54, 1.807) is 65.6 Å². The quantitative estimate of drug-likeness (QED) is 0.366. The lowest BCUT2D eigenvalue weighted by Gasteiger charge is -2.14. The lowest BCUT2D eigenvalue weighted by atomic mass is 10.0. The molecule has 0 aliphatic carbocycles. The number of nitrogens with zero attached hydrogens (tertiary/aromatic N) is 1. The van der Waals surface area contributed by atoms with Gasteiger partial charge in [0, 0.05) is 36.2 Å². The predicted molar refractivity (Wildman–Crippen MR) is 140 cm³/mol. The summed E-state index contributed by atoms with van der Waals surface area (Å²) in [6.07, 6.45) is -0.554. The number of benzene rings is 3. The topological polar surface area (TPSA) is 107 Å². The normalized spacial score (nSPS) is 10.6. The summed E-state index contributed by atoms with van der Waals surface area (Å²) >= 11 is 0. The first kappa shape index (κ1) is 25.3. The first-order valence-corrected chi connectivity index (χ1v) is 11.3. The number of methoxy groups -OCH3 is 2. The van der Waals surface area contributed by atoms with Gasteiger partial charge in [0.15, 0.2) is 0 Å². The molecule has 9 nitrogen and oxygen atoms in total. The van der Waals surface area contributed by atoms with Crippen LogP contribution in [-0.4, -0.2) is 45.2 Å². The number of rotatable bonds is 6. The second-order valence-electron chi connectivity index (χ2n) is 8.42. The summed E-state index contributed by atoms with van der Waals surface area (Å²) in [5.41, 5.74) is 1.81. The Balaban J connectivity index is 1.65. The van der Waals surface area contributed by atoms with Crippen molar-refractivity contribution in [3.63, 3.8) is 0 Å². The van der Waals surface area contributed by atoms with Gasteiger partial charge in [0.25, 0.3) is 5.91 Å². The summed E-state index contributed by atoms with van der Waals surface area (Å²) in [5.74, 6) is 1.02. The third-order valence-corrected chi connectivity index (χ3v) is 5.75.